The quantitative estimate of drug-likeness (QED) is 0.592. The highest BCUT2D eigenvalue weighted by Gasteiger charge is 2.44. The molecule has 0 radical (unpaired) electrons. The van der Waals surface area contributed by atoms with E-state index in [1.807, 2.05) is 0 Å². The predicted octanol–water partition coefficient (Wildman–Crippen LogP) is -0.440. The highest BCUT2D eigenvalue weighted by Crippen LogP contribution is 2.32. The molecule has 0 aromatic carbocycles. The lowest BCUT2D eigenvalue weighted by Gasteiger charge is -2.18. The summed E-state index contributed by atoms with van der Waals surface area (Å²) in [5, 5.41) is 24.1. The summed E-state index contributed by atoms with van der Waals surface area (Å²) in [6.45, 7) is 0.503. The van der Waals surface area contributed by atoms with E-state index in [-0.39, 0.29) is 5.82 Å². The average Bonchev–Trinajstić information content (AvgIpc) is 3.28. The third-order valence-electron chi connectivity index (χ3n) is 4.96. The number of nitrogen functional groups attached to an aromatic ring is 1. The summed E-state index contributed by atoms with van der Waals surface area (Å²) in [5.74, 6) is 0.270. The van der Waals surface area contributed by atoms with Crippen LogP contribution >= 0.6 is 0 Å². The zero-order chi connectivity index (χ0) is 16.7. The first kappa shape index (κ1) is 15.7. The highest BCUT2D eigenvalue weighted by atomic mass is 16.6. The molecule has 9 heteroatoms. The number of nitrogens with one attached hydrogen (secondary N) is 1. The van der Waals surface area contributed by atoms with Crippen molar-refractivity contribution in [2.45, 2.75) is 56.3 Å². The molecule has 2 aliphatic rings. The monoisotopic (exact) mass is 334 g/mol. The number of fused-ring (bicyclic) bond motifs is 1. The van der Waals surface area contributed by atoms with Crippen LogP contribution in [0.4, 0.5) is 5.82 Å². The topological polar surface area (TPSA) is 131 Å². The Kier molecular flexibility index (Phi) is 4.09. The number of anilines is 1. The average molecular weight is 334 g/mol. The molecular formula is C15H22N6O3. The summed E-state index contributed by atoms with van der Waals surface area (Å²) in [5.41, 5.74) is 6.71. The number of nitrogens with zero attached hydrogens (tertiary/aromatic N) is 4. The van der Waals surface area contributed by atoms with Crippen LogP contribution in [0.15, 0.2) is 12.7 Å². The second-order valence-electron chi connectivity index (χ2n) is 6.52. The van der Waals surface area contributed by atoms with E-state index in [4.69, 9.17) is 10.5 Å². The number of hydrogen-bond donors (Lipinski definition) is 4. The van der Waals surface area contributed by atoms with Gasteiger partial charge < -0.3 is 26.0 Å². The molecule has 2 fully saturated rings. The number of ether oxygens (including phenoxy) is 1. The molecule has 24 heavy (non-hydrogen) atoms. The van der Waals surface area contributed by atoms with Gasteiger partial charge in [-0.05, 0) is 12.8 Å². The van der Waals surface area contributed by atoms with Crippen LogP contribution < -0.4 is 11.1 Å². The largest absolute Gasteiger partial charge is 0.387 e. The lowest BCUT2D eigenvalue weighted by molar-refractivity contribution is -0.0347. The molecule has 130 valence electrons. The van der Waals surface area contributed by atoms with Crippen LogP contribution in [-0.2, 0) is 4.74 Å². The van der Waals surface area contributed by atoms with Crippen molar-refractivity contribution >= 4 is 17.0 Å². The Labute approximate surface area is 138 Å². The Balaban J connectivity index is 1.51. The van der Waals surface area contributed by atoms with Crippen LogP contribution in [0.1, 0.15) is 31.9 Å². The lowest BCUT2D eigenvalue weighted by Crippen LogP contribution is -2.40. The molecule has 1 aliphatic heterocycles. The zero-order valence-corrected chi connectivity index (χ0v) is 13.2. The first-order valence-electron chi connectivity index (χ1n) is 8.33. The van der Waals surface area contributed by atoms with Crippen molar-refractivity contribution in [2.24, 2.45) is 0 Å². The highest BCUT2D eigenvalue weighted by molar-refractivity contribution is 5.81. The molecular weight excluding hydrogens is 312 g/mol. The van der Waals surface area contributed by atoms with Crippen molar-refractivity contribution in [3.63, 3.8) is 0 Å². The normalized spacial score (nSPS) is 31.2. The van der Waals surface area contributed by atoms with Crippen molar-refractivity contribution in [3.05, 3.63) is 12.7 Å². The van der Waals surface area contributed by atoms with Gasteiger partial charge in [0.1, 0.15) is 30.2 Å². The molecule has 2 aromatic rings. The van der Waals surface area contributed by atoms with Crippen molar-refractivity contribution in [3.8, 4) is 0 Å². The van der Waals surface area contributed by atoms with Gasteiger partial charge in [-0.1, -0.05) is 12.8 Å². The molecule has 1 saturated heterocycles. The van der Waals surface area contributed by atoms with Gasteiger partial charge in [-0.15, -0.1) is 0 Å². The molecule has 4 atom stereocenters. The van der Waals surface area contributed by atoms with Gasteiger partial charge in [0, 0.05) is 12.6 Å². The number of hydrogen-bond acceptors (Lipinski definition) is 8. The molecule has 1 aliphatic carbocycles. The van der Waals surface area contributed by atoms with Gasteiger partial charge in [0.05, 0.1) is 6.33 Å². The van der Waals surface area contributed by atoms with Crippen LogP contribution in [0.5, 0.6) is 0 Å². The van der Waals surface area contributed by atoms with Crippen molar-refractivity contribution in [2.75, 3.05) is 12.3 Å². The molecule has 3 heterocycles. The number of aromatic nitrogens is 4. The number of nitrogens with two attached hydrogens (primary N) is 1. The van der Waals surface area contributed by atoms with Crippen LogP contribution in [0.25, 0.3) is 11.2 Å². The molecule has 2 aromatic heterocycles. The van der Waals surface area contributed by atoms with E-state index < -0.39 is 24.5 Å². The Bertz CT molecular complexity index is 716. The van der Waals surface area contributed by atoms with Crippen LogP contribution in [-0.4, -0.2) is 60.6 Å². The maximum atomic E-state index is 10.4. The molecule has 5 N–H and O–H groups in total. The molecule has 1 saturated carbocycles. The first-order chi connectivity index (χ1) is 11.6. The van der Waals surface area contributed by atoms with Gasteiger partial charge in [-0.2, -0.15) is 0 Å². The predicted molar refractivity (Wildman–Crippen MR) is 85.9 cm³/mol. The Morgan fingerprint density at radius 2 is 2.00 bits per heavy atom. The SMILES string of the molecule is Nc1ncnc2c1ncn2C1OC(CNC2CCCC2)C(O)C1O. The van der Waals surface area contributed by atoms with Crippen LogP contribution in [0.3, 0.4) is 0 Å². The van der Waals surface area contributed by atoms with Gasteiger partial charge in [0.2, 0.25) is 0 Å². The minimum absolute atomic E-state index is 0.270. The molecule has 4 unspecified atom stereocenters. The molecule has 0 bridgehead atoms. The lowest BCUT2D eigenvalue weighted by atomic mass is 10.1. The molecule has 0 spiro atoms. The second-order valence-corrected chi connectivity index (χ2v) is 6.52. The molecule has 0 amide bonds. The van der Waals surface area contributed by atoms with E-state index in [0.717, 1.165) is 12.8 Å². The van der Waals surface area contributed by atoms with Gasteiger partial charge in [-0.25, -0.2) is 15.0 Å². The van der Waals surface area contributed by atoms with Gasteiger partial charge in [0.15, 0.2) is 17.7 Å². The fraction of sp³-hybridized carbons (Fsp3) is 0.667. The minimum atomic E-state index is -1.06. The number of aliphatic hydroxyl groups is 2. The minimum Gasteiger partial charge on any atom is -0.387 e. The summed E-state index contributed by atoms with van der Waals surface area (Å²) in [6, 6.07) is 0.471. The van der Waals surface area contributed by atoms with Crippen molar-refractivity contribution in [1.82, 2.24) is 24.8 Å². The molecule has 4 rings (SSSR count). The molecule has 9 nitrogen and oxygen atoms in total. The fourth-order valence-corrected chi connectivity index (χ4v) is 3.60. The first-order valence-corrected chi connectivity index (χ1v) is 8.33. The van der Waals surface area contributed by atoms with E-state index >= 15 is 0 Å². The summed E-state index contributed by atoms with van der Waals surface area (Å²) >= 11 is 0. The standard InChI is InChI=1S/C15H22N6O3/c16-13-10-14(19-6-18-13)21(7-20-10)15-12(23)11(22)9(24-15)5-17-8-3-1-2-4-8/h6-9,11-12,15,17,22-23H,1-5H2,(H2,16,18,19). The summed E-state index contributed by atoms with van der Waals surface area (Å²) in [7, 11) is 0. The Hall–Kier alpha value is -1.81. The fourth-order valence-electron chi connectivity index (χ4n) is 3.60. The van der Waals surface area contributed by atoms with Crippen molar-refractivity contribution < 1.29 is 14.9 Å². The van der Waals surface area contributed by atoms with Crippen molar-refractivity contribution in [1.29, 1.82) is 0 Å². The summed E-state index contributed by atoms with van der Waals surface area (Å²) in [6.07, 6.45) is 4.34. The van der Waals surface area contributed by atoms with Crippen LogP contribution in [0.2, 0.25) is 0 Å². The smallest absolute Gasteiger partial charge is 0.167 e. The Morgan fingerprint density at radius 3 is 2.79 bits per heavy atom. The van der Waals surface area contributed by atoms with Gasteiger partial charge >= 0.3 is 0 Å². The maximum absolute atomic E-state index is 10.4. The van der Waals surface area contributed by atoms with E-state index in [0.29, 0.717) is 23.8 Å². The van der Waals surface area contributed by atoms with Crippen LogP contribution in [0, 0.1) is 0 Å². The van der Waals surface area contributed by atoms with Gasteiger partial charge in [0.25, 0.3) is 0 Å². The maximum Gasteiger partial charge on any atom is 0.167 e. The number of rotatable bonds is 4. The van der Waals surface area contributed by atoms with E-state index in [1.54, 1.807) is 4.57 Å². The van der Waals surface area contributed by atoms with Gasteiger partial charge in [-0.3, -0.25) is 4.57 Å². The summed E-state index contributed by atoms with van der Waals surface area (Å²) in [4.78, 5) is 12.2. The number of aliphatic hydroxyl groups excluding tert-OH is 2. The summed E-state index contributed by atoms with van der Waals surface area (Å²) < 4.78 is 7.49. The number of imidazole rings is 1. The van der Waals surface area contributed by atoms with E-state index in [1.165, 1.54) is 25.5 Å². The Morgan fingerprint density at radius 1 is 1.21 bits per heavy atom. The second kappa shape index (κ2) is 6.25. The third kappa shape index (κ3) is 2.63. The van der Waals surface area contributed by atoms with E-state index in [9.17, 15) is 10.2 Å². The van der Waals surface area contributed by atoms with E-state index in [2.05, 4.69) is 20.3 Å². The zero-order valence-electron chi connectivity index (χ0n) is 13.2. The third-order valence-corrected chi connectivity index (χ3v) is 4.96.